The van der Waals surface area contributed by atoms with Gasteiger partial charge in [-0.3, -0.25) is 5.32 Å². The Kier molecular flexibility index (Phi) is 4.93. The molecule has 0 bridgehead atoms. The van der Waals surface area contributed by atoms with E-state index in [1.54, 1.807) is 0 Å². The van der Waals surface area contributed by atoms with Crippen molar-refractivity contribution in [1.29, 1.82) is 0 Å². The number of nitrogens with two attached hydrogens (primary N) is 1. The third-order valence-electron chi connectivity index (χ3n) is 2.01. The third kappa shape index (κ3) is 4.02. The smallest absolute Gasteiger partial charge is 0.0580 e. The normalized spacial score (nSPS) is 14.9. The van der Waals surface area contributed by atoms with E-state index in [2.05, 4.69) is 31.0 Å². The topological polar surface area (TPSA) is 38.0 Å². The fourth-order valence-corrected chi connectivity index (χ4v) is 0.687. The van der Waals surface area contributed by atoms with Crippen LogP contribution in [-0.2, 0) is 0 Å². The Labute approximate surface area is 69.5 Å². The minimum atomic E-state index is 0.0594. The predicted octanol–water partition coefficient (Wildman–Crippen LogP) is 0.727. The lowest BCUT2D eigenvalue weighted by Crippen LogP contribution is -2.48. The van der Waals surface area contributed by atoms with Crippen LogP contribution in [0.15, 0.2) is 0 Å². The first-order valence-corrected chi connectivity index (χ1v) is 4.03. The summed E-state index contributed by atoms with van der Waals surface area (Å²) in [6.07, 6.45) is 1.04. The Balaban J connectivity index is 3.74. The monoisotopic (exact) mass is 154 g/mol. The minimum Gasteiger partial charge on any atom is -0.329 e. The van der Waals surface area contributed by atoms with Gasteiger partial charge in [0.15, 0.2) is 0 Å². The summed E-state index contributed by atoms with van der Waals surface area (Å²) in [4.78, 5) is 0. The van der Waals surface area contributed by atoms with Gasteiger partial charge >= 0.3 is 0 Å². The second-order valence-electron chi connectivity index (χ2n) is 2.90. The van der Waals surface area contributed by atoms with E-state index in [0.717, 1.165) is 13.0 Å². The van der Waals surface area contributed by atoms with Gasteiger partial charge in [-0.15, -0.1) is 5.92 Å². The second kappa shape index (κ2) is 5.17. The summed E-state index contributed by atoms with van der Waals surface area (Å²) in [6.45, 7) is 7.48. The van der Waals surface area contributed by atoms with Crippen molar-refractivity contribution in [3.63, 3.8) is 0 Å². The fraction of sp³-hybridized carbons (Fsp3) is 0.778. The molecule has 0 heterocycles. The fourth-order valence-electron chi connectivity index (χ4n) is 0.687. The van der Waals surface area contributed by atoms with Gasteiger partial charge in [-0.1, -0.05) is 12.8 Å². The molecule has 0 aliphatic carbocycles. The molecule has 0 saturated heterocycles. The zero-order chi connectivity index (χ0) is 8.74. The first-order chi connectivity index (χ1) is 5.18. The maximum absolute atomic E-state index is 5.59. The summed E-state index contributed by atoms with van der Waals surface area (Å²) < 4.78 is 0. The van der Waals surface area contributed by atoms with Crippen LogP contribution in [0, 0.1) is 11.8 Å². The number of hydrogen-bond acceptors (Lipinski definition) is 2. The van der Waals surface area contributed by atoms with Crippen LogP contribution in [0.25, 0.3) is 0 Å². The second-order valence-corrected chi connectivity index (χ2v) is 2.90. The molecule has 0 amide bonds. The van der Waals surface area contributed by atoms with Crippen molar-refractivity contribution >= 4 is 0 Å². The summed E-state index contributed by atoms with van der Waals surface area (Å²) in [5.74, 6) is 5.79. The molecule has 0 aromatic carbocycles. The number of hydrogen-bond donors (Lipinski definition) is 2. The van der Waals surface area contributed by atoms with E-state index < -0.39 is 0 Å². The molecule has 11 heavy (non-hydrogen) atoms. The molecule has 2 heteroatoms. The highest BCUT2D eigenvalue weighted by Crippen LogP contribution is 2.04. The third-order valence-corrected chi connectivity index (χ3v) is 2.01. The van der Waals surface area contributed by atoms with E-state index in [1.165, 1.54) is 0 Å². The van der Waals surface area contributed by atoms with Crippen LogP contribution in [0.3, 0.4) is 0 Å². The Morgan fingerprint density at radius 3 is 2.55 bits per heavy atom. The van der Waals surface area contributed by atoms with Crippen molar-refractivity contribution in [2.75, 3.05) is 13.1 Å². The number of rotatable bonds is 4. The quantitative estimate of drug-likeness (QED) is 0.586. The summed E-state index contributed by atoms with van der Waals surface area (Å²) in [5, 5.41) is 3.30. The highest BCUT2D eigenvalue weighted by Gasteiger charge is 2.17. The maximum atomic E-state index is 5.59. The van der Waals surface area contributed by atoms with Gasteiger partial charge in [0.2, 0.25) is 0 Å². The van der Waals surface area contributed by atoms with Crippen molar-refractivity contribution in [3.05, 3.63) is 0 Å². The summed E-state index contributed by atoms with van der Waals surface area (Å²) in [5.41, 5.74) is 5.65. The van der Waals surface area contributed by atoms with Crippen LogP contribution in [0.5, 0.6) is 0 Å². The summed E-state index contributed by atoms with van der Waals surface area (Å²) in [6, 6.07) is 0. The average molecular weight is 154 g/mol. The van der Waals surface area contributed by atoms with Crippen molar-refractivity contribution in [2.45, 2.75) is 32.7 Å². The van der Waals surface area contributed by atoms with E-state index in [9.17, 15) is 0 Å². The standard InChI is InChI=1S/C9H18N2/c1-4-6-7-11-9(3,5-2)8-10/h11H,5,7-8,10H2,1-3H3. The molecule has 0 aliphatic heterocycles. The molecule has 1 atom stereocenters. The van der Waals surface area contributed by atoms with Gasteiger partial charge in [-0.2, -0.15) is 0 Å². The minimum absolute atomic E-state index is 0.0594. The molecule has 1 unspecified atom stereocenters. The summed E-state index contributed by atoms with van der Waals surface area (Å²) >= 11 is 0. The molecule has 0 aliphatic rings. The van der Waals surface area contributed by atoms with Gasteiger partial charge in [0.1, 0.15) is 0 Å². The van der Waals surface area contributed by atoms with Crippen LogP contribution >= 0.6 is 0 Å². The van der Waals surface area contributed by atoms with Gasteiger partial charge < -0.3 is 5.73 Å². The Morgan fingerprint density at radius 1 is 1.55 bits per heavy atom. The lowest BCUT2D eigenvalue weighted by Gasteiger charge is -2.26. The molecule has 0 radical (unpaired) electrons. The summed E-state index contributed by atoms with van der Waals surface area (Å²) in [7, 11) is 0. The molecule has 0 aromatic heterocycles. The van der Waals surface area contributed by atoms with Crippen LogP contribution in [-0.4, -0.2) is 18.6 Å². The van der Waals surface area contributed by atoms with Crippen molar-refractivity contribution in [1.82, 2.24) is 5.32 Å². The van der Waals surface area contributed by atoms with E-state index in [4.69, 9.17) is 5.73 Å². The van der Waals surface area contributed by atoms with Crippen LogP contribution in [0.1, 0.15) is 27.2 Å². The Morgan fingerprint density at radius 2 is 2.18 bits per heavy atom. The molecule has 0 aromatic rings. The van der Waals surface area contributed by atoms with Gasteiger partial charge in [-0.05, 0) is 20.3 Å². The van der Waals surface area contributed by atoms with Crippen LogP contribution < -0.4 is 11.1 Å². The Bertz CT molecular complexity index is 149. The molecule has 0 rings (SSSR count). The molecule has 0 saturated carbocycles. The van der Waals surface area contributed by atoms with E-state index in [1.807, 2.05) is 6.92 Å². The first-order valence-electron chi connectivity index (χ1n) is 4.03. The molecule has 3 N–H and O–H groups in total. The molecule has 64 valence electrons. The van der Waals surface area contributed by atoms with Crippen LogP contribution in [0.4, 0.5) is 0 Å². The largest absolute Gasteiger partial charge is 0.329 e. The molecular formula is C9H18N2. The molecule has 0 fully saturated rings. The molecule has 0 spiro atoms. The zero-order valence-electron chi connectivity index (χ0n) is 7.70. The molecular weight excluding hydrogens is 136 g/mol. The van der Waals surface area contributed by atoms with Crippen molar-refractivity contribution < 1.29 is 0 Å². The zero-order valence-corrected chi connectivity index (χ0v) is 7.70. The first kappa shape index (κ1) is 10.5. The lowest BCUT2D eigenvalue weighted by atomic mass is 9.99. The van der Waals surface area contributed by atoms with Gasteiger partial charge in [-0.25, -0.2) is 0 Å². The van der Waals surface area contributed by atoms with E-state index >= 15 is 0 Å². The highest BCUT2D eigenvalue weighted by atomic mass is 15.0. The molecule has 2 nitrogen and oxygen atoms in total. The van der Waals surface area contributed by atoms with E-state index in [0.29, 0.717) is 6.54 Å². The average Bonchev–Trinajstić information content (AvgIpc) is 2.05. The van der Waals surface area contributed by atoms with Crippen molar-refractivity contribution in [3.8, 4) is 11.8 Å². The van der Waals surface area contributed by atoms with Crippen LogP contribution in [0.2, 0.25) is 0 Å². The van der Waals surface area contributed by atoms with Gasteiger partial charge in [0.25, 0.3) is 0 Å². The van der Waals surface area contributed by atoms with Crippen molar-refractivity contribution in [2.24, 2.45) is 5.73 Å². The number of nitrogens with one attached hydrogen (secondary N) is 1. The van der Waals surface area contributed by atoms with Gasteiger partial charge in [0, 0.05) is 12.1 Å². The lowest BCUT2D eigenvalue weighted by molar-refractivity contribution is 0.370. The Hall–Kier alpha value is -0.520. The van der Waals surface area contributed by atoms with Gasteiger partial charge in [0.05, 0.1) is 6.54 Å². The highest BCUT2D eigenvalue weighted by molar-refractivity contribution is 4.99. The predicted molar refractivity (Wildman–Crippen MR) is 49.2 cm³/mol. The van der Waals surface area contributed by atoms with E-state index in [-0.39, 0.29) is 5.54 Å². The SMILES string of the molecule is CC#CCNC(C)(CC)CN. The maximum Gasteiger partial charge on any atom is 0.0580 e.